The number of ketones is 1. The van der Waals surface area contributed by atoms with Gasteiger partial charge in [0.1, 0.15) is 0 Å². The fourth-order valence-electron chi connectivity index (χ4n) is 0.769. The van der Waals surface area contributed by atoms with Gasteiger partial charge in [-0.05, 0) is 26.3 Å². The minimum absolute atomic E-state index is 0.0822. The van der Waals surface area contributed by atoms with Crippen LogP contribution in [0.3, 0.4) is 0 Å². The van der Waals surface area contributed by atoms with Crippen LogP contribution in [0.2, 0.25) is 19.1 Å². The van der Waals surface area contributed by atoms with Crippen molar-refractivity contribution in [1.29, 1.82) is 0 Å². The molecule has 1 N–H and O–H groups in total. The van der Waals surface area contributed by atoms with Gasteiger partial charge in [-0.2, -0.15) is 0 Å². The Bertz CT molecular complexity index is 224. The van der Waals surface area contributed by atoms with Crippen molar-refractivity contribution in [2.75, 3.05) is 0 Å². The van der Waals surface area contributed by atoms with Crippen molar-refractivity contribution in [2.45, 2.75) is 45.1 Å². The average Bonchev–Trinajstić information content (AvgIpc) is 1.83. The summed E-state index contributed by atoms with van der Waals surface area (Å²) < 4.78 is 0. The molecule has 0 amide bonds. The molecule has 0 aromatic rings. The van der Waals surface area contributed by atoms with E-state index in [1.807, 2.05) is 13.1 Å². The van der Waals surface area contributed by atoms with E-state index < -0.39 is 13.3 Å². The molecule has 3 heteroatoms. The van der Waals surface area contributed by atoms with Crippen molar-refractivity contribution >= 4 is 13.9 Å². The average molecular weight is 200 g/mol. The molecule has 0 rings (SSSR count). The van der Waals surface area contributed by atoms with Gasteiger partial charge >= 0.3 is 0 Å². The summed E-state index contributed by atoms with van der Waals surface area (Å²) >= 11 is 0. The molecule has 76 valence electrons. The van der Waals surface area contributed by atoms with Crippen LogP contribution in [-0.2, 0) is 4.79 Å². The van der Waals surface area contributed by atoms with Crippen LogP contribution in [0.15, 0.2) is 12.2 Å². The maximum Gasteiger partial charge on any atom is 0.155 e. The lowest BCUT2D eigenvalue weighted by atomic mass is 10.2. The van der Waals surface area contributed by atoms with Gasteiger partial charge in [0.25, 0.3) is 0 Å². The second kappa shape index (κ2) is 3.76. The molecule has 0 saturated carbocycles. The standard InChI is InChI=1S/C10H20O2Si/c1-8(2)9(11)7-13(5,6)10(3,4)12/h12H,1,7H2,2-6H3. The molecule has 0 heterocycles. The molecular formula is C10H20O2Si. The summed E-state index contributed by atoms with van der Waals surface area (Å²) in [7, 11) is -1.89. The number of carbonyl (C=O) groups is 1. The van der Waals surface area contributed by atoms with Gasteiger partial charge in [-0.3, -0.25) is 4.79 Å². The van der Waals surface area contributed by atoms with E-state index in [1.165, 1.54) is 0 Å². The fraction of sp³-hybridized carbons (Fsp3) is 0.700. The highest BCUT2D eigenvalue weighted by atomic mass is 28.3. The van der Waals surface area contributed by atoms with Gasteiger partial charge in [-0.1, -0.05) is 19.7 Å². The van der Waals surface area contributed by atoms with E-state index in [0.29, 0.717) is 11.6 Å². The van der Waals surface area contributed by atoms with Gasteiger partial charge in [0.2, 0.25) is 0 Å². The topological polar surface area (TPSA) is 37.3 Å². The number of rotatable bonds is 4. The molecule has 0 radical (unpaired) electrons. The molecule has 0 aromatic carbocycles. The van der Waals surface area contributed by atoms with Crippen LogP contribution in [0, 0.1) is 0 Å². The third-order valence-electron chi connectivity index (χ3n) is 2.73. The molecule has 0 aliphatic carbocycles. The molecule has 0 aromatic heterocycles. The zero-order chi connectivity index (χ0) is 10.9. The number of hydrogen-bond donors (Lipinski definition) is 1. The van der Waals surface area contributed by atoms with Crippen molar-refractivity contribution in [3.63, 3.8) is 0 Å². The van der Waals surface area contributed by atoms with E-state index in [1.54, 1.807) is 20.8 Å². The van der Waals surface area contributed by atoms with E-state index >= 15 is 0 Å². The molecule has 0 atom stereocenters. The Morgan fingerprint density at radius 3 is 2.08 bits per heavy atom. The first-order valence-electron chi connectivity index (χ1n) is 4.49. The number of hydrogen-bond acceptors (Lipinski definition) is 2. The quantitative estimate of drug-likeness (QED) is 0.558. The molecule has 0 spiro atoms. The van der Waals surface area contributed by atoms with Crippen molar-refractivity contribution < 1.29 is 9.90 Å². The Morgan fingerprint density at radius 2 is 1.85 bits per heavy atom. The first-order valence-corrected chi connectivity index (χ1v) is 7.70. The molecule has 0 aliphatic rings. The van der Waals surface area contributed by atoms with Crippen LogP contribution in [0.25, 0.3) is 0 Å². The Morgan fingerprint density at radius 1 is 1.46 bits per heavy atom. The smallest absolute Gasteiger partial charge is 0.155 e. The molecule has 0 unspecified atom stereocenters. The molecule has 13 heavy (non-hydrogen) atoms. The Balaban J connectivity index is 4.53. The summed E-state index contributed by atoms with van der Waals surface area (Å²) in [5.74, 6) is 0.0822. The van der Waals surface area contributed by atoms with Gasteiger partial charge in [0.15, 0.2) is 5.78 Å². The zero-order valence-corrected chi connectivity index (χ0v) is 10.3. The van der Waals surface area contributed by atoms with Gasteiger partial charge < -0.3 is 5.11 Å². The summed E-state index contributed by atoms with van der Waals surface area (Å²) in [6.45, 7) is 12.9. The molecule has 0 fully saturated rings. The van der Waals surface area contributed by atoms with Crippen molar-refractivity contribution in [2.24, 2.45) is 0 Å². The van der Waals surface area contributed by atoms with E-state index in [2.05, 4.69) is 6.58 Å². The van der Waals surface area contributed by atoms with E-state index in [9.17, 15) is 9.90 Å². The summed E-state index contributed by atoms with van der Waals surface area (Å²) in [5, 5.41) is 9.15. The SMILES string of the molecule is C=C(C)C(=O)C[Si](C)(C)C(C)(C)O. The molecule has 2 nitrogen and oxygen atoms in total. The third kappa shape index (κ3) is 3.44. The van der Waals surface area contributed by atoms with Gasteiger partial charge in [0.05, 0.1) is 8.07 Å². The maximum atomic E-state index is 11.4. The van der Waals surface area contributed by atoms with Crippen LogP contribution in [0.5, 0.6) is 0 Å². The van der Waals surface area contributed by atoms with Crippen LogP contribution in [-0.4, -0.2) is 24.2 Å². The summed E-state index contributed by atoms with van der Waals surface area (Å²) in [6, 6.07) is 0.478. The van der Waals surface area contributed by atoms with E-state index in [-0.39, 0.29) is 5.78 Å². The van der Waals surface area contributed by atoms with Crippen molar-refractivity contribution in [1.82, 2.24) is 0 Å². The summed E-state index contributed by atoms with van der Waals surface area (Å²) in [5.41, 5.74) is 0.588. The van der Waals surface area contributed by atoms with E-state index in [4.69, 9.17) is 0 Å². The molecular weight excluding hydrogens is 180 g/mol. The highest BCUT2D eigenvalue weighted by Crippen LogP contribution is 2.25. The Labute approximate surface area is 81.7 Å². The van der Waals surface area contributed by atoms with E-state index in [0.717, 1.165) is 0 Å². The first-order chi connectivity index (χ1) is 5.58. The van der Waals surface area contributed by atoms with Crippen LogP contribution < -0.4 is 0 Å². The highest BCUT2D eigenvalue weighted by molar-refractivity contribution is 6.82. The minimum atomic E-state index is -1.89. The maximum absolute atomic E-state index is 11.4. The molecule has 0 aliphatic heterocycles. The largest absolute Gasteiger partial charge is 0.394 e. The number of Topliss-reactive ketones (excluding diaryl/α,β-unsaturated/α-hetero) is 1. The molecule has 0 saturated heterocycles. The van der Waals surface area contributed by atoms with Crippen LogP contribution >= 0.6 is 0 Å². The third-order valence-corrected chi connectivity index (χ3v) is 7.25. The minimum Gasteiger partial charge on any atom is -0.394 e. The van der Waals surface area contributed by atoms with Crippen molar-refractivity contribution in [3.05, 3.63) is 12.2 Å². The number of allylic oxidation sites excluding steroid dienone is 1. The van der Waals surface area contributed by atoms with Crippen molar-refractivity contribution in [3.8, 4) is 0 Å². The summed E-state index contributed by atoms with van der Waals surface area (Å²) in [4.78, 5) is 11.4. The Kier molecular flexibility index (Phi) is 3.64. The fourth-order valence-corrected chi connectivity index (χ4v) is 2.31. The lowest BCUT2D eigenvalue weighted by Crippen LogP contribution is -2.51. The lowest BCUT2D eigenvalue weighted by molar-refractivity contribution is -0.113. The monoisotopic (exact) mass is 200 g/mol. The Hall–Kier alpha value is -0.413. The zero-order valence-electron chi connectivity index (χ0n) is 9.27. The van der Waals surface area contributed by atoms with Gasteiger partial charge in [-0.15, -0.1) is 0 Å². The molecule has 0 bridgehead atoms. The predicted octanol–water partition coefficient (Wildman–Crippen LogP) is 2.15. The van der Waals surface area contributed by atoms with Gasteiger partial charge in [-0.25, -0.2) is 0 Å². The second-order valence-corrected chi connectivity index (χ2v) is 10.2. The van der Waals surface area contributed by atoms with Crippen LogP contribution in [0.4, 0.5) is 0 Å². The van der Waals surface area contributed by atoms with Crippen LogP contribution in [0.1, 0.15) is 20.8 Å². The highest BCUT2D eigenvalue weighted by Gasteiger charge is 2.38. The first kappa shape index (κ1) is 12.6. The predicted molar refractivity (Wildman–Crippen MR) is 58.4 cm³/mol. The number of aliphatic hydroxyl groups is 1. The normalized spacial score (nSPS) is 12.8. The second-order valence-electron chi connectivity index (χ2n) is 4.82. The van der Waals surface area contributed by atoms with Gasteiger partial charge in [0, 0.05) is 11.3 Å². The summed E-state index contributed by atoms with van der Waals surface area (Å²) in [6.07, 6.45) is 0. The number of carbonyl (C=O) groups excluding carboxylic acids is 1. The lowest BCUT2D eigenvalue weighted by Gasteiger charge is -2.34.